The van der Waals surface area contributed by atoms with E-state index in [4.69, 9.17) is 0 Å². The molecular formula is C11H15O. The lowest BCUT2D eigenvalue weighted by atomic mass is 10.0. The molecule has 0 saturated carbocycles. The Kier molecular flexibility index (Phi) is 3.81. The van der Waals surface area contributed by atoms with Crippen molar-refractivity contribution in [3.8, 4) is 0 Å². The summed E-state index contributed by atoms with van der Waals surface area (Å²) in [6.07, 6.45) is 2.76. The van der Waals surface area contributed by atoms with Gasteiger partial charge in [-0.05, 0) is 30.4 Å². The van der Waals surface area contributed by atoms with Gasteiger partial charge in [0.25, 0.3) is 0 Å². The first-order valence-electron chi connectivity index (χ1n) is 4.53. The largest absolute Gasteiger partial charge is 0.237 e. The van der Waals surface area contributed by atoms with Crippen molar-refractivity contribution in [2.75, 3.05) is 6.61 Å². The molecule has 1 rings (SSSR count). The highest BCUT2D eigenvalue weighted by molar-refractivity contribution is 5.26. The number of aryl methyl sites for hydroxylation is 2. The van der Waals surface area contributed by atoms with E-state index in [1.165, 1.54) is 11.1 Å². The Morgan fingerprint density at radius 1 is 1.17 bits per heavy atom. The molecule has 0 spiro atoms. The Balaban J connectivity index is 2.68. The van der Waals surface area contributed by atoms with Crippen molar-refractivity contribution in [3.63, 3.8) is 0 Å². The first-order chi connectivity index (χ1) is 5.88. The van der Waals surface area contributed by atoms with Crippen LogP contribution >= 0.6 is 0 Å². The second-order valence-electron chi connectivity index (χ2n) is 2.93. The number of hydrogen-bond acceptors (Lipinski definition) is 0. The third kappa shape index (κ3) is 2.35. The predicted molar refractivity (Wildman–Crippen MR) is 49.7 cm³/mol. The summed E-state index contributed by atoms with van der Waals surface area (Å²) < 4.78 is 0. The second-order valence-corrected chi connectivity index (χ2v) is 2.93. The van der Waals surface area contributed by atoms with Crippen LogP contribution in [0.25, 0.3) is 0 Å². The number of benzene rings is 1. The standard InChI is InChI=1S/C11H15O/c1-2-10-6-3-4-7-11(10)8-5-9-12/h3-4,6-7H,2,5,8-9H2,1H3. The monoisotopic (exact) mass is 163 g/mol. The molecule has 1 heteroatoms. The summed E-state index contributed by atoms with van der Waals surface area (Å²) in [6, 6.07) is 8.35. The van der Waals surface area contributed by atoms with Gasteiger partial charge in [0.05, 0.1) is 6.61 Å². The summed E-state index contributed by atoms with van der Waals surface area (Å²) in [7, 11) is 0. The molecule has 12 heavy (non-hydrogen) atoms. The SMILES string of the molecule is CCc1ccccc1CCC[O]. The molecule has 65 valence electrons. The van der Waals surface area contributed by atoms with Gasteiger partial charge in [0.15, 0.2) is 0 Å². The average Bonchev–Trinajstić information content (AvgIpc) is 2.15. The maximum Gasteiger partial charge on any atom is 0.0825 e. The molecule has 1 nitrogen and oxygen atoms in total. The third-order valence-corrected chi connectivity index (χ3v) is 2.09. The molecule has 0 aliphatic carbocycles. The second kappa shape index (κ2) is 4.94. The van der Waals surface area contributed by atoms with Gasteiger partial charge < -0.3 is 0 Å². The van der Waals surface area contributed by atoms with E-state index in [1.54, 1.807) is 0 Å². The van der Waals surface area contributed by atoms with Gasteiger partial charge in [-0.15, -0.1) is 0 Å². The molecule has 1 radical (unpaired) electrons. The number of rotatable bonds is 4. The van der Waals surface area contributed by atoms with Crippen molar-refractivity contribution in [3.05, 3.63) is 35.4 Å². The van der Waals surface area contributed by atoms with Crippen LogP contribution in [0.4, 0.5) is 0 Å². The van der Waals surface area contributed by atoms with Crippen LogP contribution in [0.15, 0.2) is 24.3 Å². The van der Waals surface area contributed by atoms with Crippen LogP contribution in [0, 0.1) is 0 Å². The molecule has 0 aliphatic rings. The van der Waals surface area contributed by atoms with Crippen LogP contribution in [-0.4, -0.2) is 6.61 Å². The van der Waals surface area contributed by atoms with Gasteiger partial charge in [-0.25, -0.2) is 5.11 Å². The molecule has 0 heterocycles. The zero-order chi connectivity index (χ0) is 8.81. The Morgan fingerprint density at radius 3 is 2.42 bits per heavy atom. The fourth-order valence-corrected chi connectivity index (χ4v) is 1.41. The van der Waals surface area contributed by atoms with E-state index < -0.39 is 0 Å². The Morgan fingerprint density at radius 2 is 1.83 bits per heavy atom. The first-order valence-corrected chi connectivity index (χ1v) is 4.53. The van der Waals surface area contributed by atoms with Crippen LogP contribution in [0.3, 0.4) is 0 Å². The average molecular weight is 163 g/mol. The fourth-order valence-electron chi connectivity index (χ4n) is 1.41. The molecule has 1 aromatic carbocycles. The highest BCUT2D eigenvalue weighted by Gasteiger charge is 1.98. The van der Waals surface area contributed by atoms with Crippen molar-refractivity contribution in [2.45, 2.75) is 26.2 Å². The topological polar surface area (TPSA) is 19.9 Å². The fraction of sp³-hybridized carbons (Fsp3) is 0.455. The van der Waals surface area contributed by atoms with Crippen molar-refractivity contribution in [2.24, 2.45) is 0 Å². The molecule has 0 unspecified atom stereocenters. The molecule has 0 saturated heterocycles. The van der Waals surface area contributed by atoms with Crippen molar-refractivity contribution in [1.82, 2.24) is 0 Å². The van der Waals surface area contributed by atoms with Crippen LogP contribution in [0.2, 0.25) is 0 Å². The molecule has 0 N–H and O–H groups in total. The Hall–Kier alpha value is -0.820. The highest BCUT2D eigenvalue weighted by Crippen LogP contribution is 2.11. The van der Waals surface area contributed by atoms with Gasteiger partial charge >= 0.3 is 0 Å². The number of hydrogen-bond donors (Lipinski definition) is 0. The van der Waals surface area contributed by atoms with E-state index in [0.717, 1.165) is 19.3 Å². The Labute approximate surface area is 74.1 Å². The highest BCUT2D eigenvalue weighted by atomic mass is 16.2. The van der Waals surface area contributed by atoms with Crippen LogP contribution in [-0.2, 0) is 17.9 Å². The Bertz CT molecular complexity index is 230. The molecule has 1 aromatic rings. The van der Waals surface area contributed by atoms with E-state index in [-0.39, 0.29) is 6.61 Å². The summed E-state index contributed by atoms with van der Waals surface area (Å²) in [4.78, 5) is 0. The van der Waals surface area contributed by atoms with E-state index in [0.29, 0.717) is 0 Å². The zero-order valence-electron chi connectivity index (χ0n) is 7.55. The van der Waals surface area contributed by atoms with Crippen LogP contribution in [0.1, 0.15) is 24.5 Å². The maximum absolute atomic E-state index is 10.3. The van der Waals surface area contributed by atoms with Gasteiger partial charge in [0, 0.05) is 0 Å². The molecule has 0 bridgehead atoms. The predicted octanol–water partition coefficient (Wildman–Crippen LogP) is 2.61. The zero-order valence-corrected chi connectivity index (χ0v) is 7.55. The smallest absolute Gasteiger partial charge is 0.0825 e. The van der Waals surface area contributed by atoms with Crippen LogP contribution in [0.5, 0.6) is 0 Å². The van der Waals surface area contributed by atoms with Gasteiger partial charge in [0.2, 0.25) is 0 Å². The summed E-state index contributed by atoms with van der Waals surface area (Å²) >= 11 is 0. The summed E-state index contributed by atoms with van der Waals surface area (Å²) in [5.74, 6) is 0. The lowest BCUT2D eigenvalue weighted by Crippen LogP contribution is -1.93. The lowest BCUT2D eigenvalue weighted by molar-refractivity contribution is 0.189. The van der Waals surface area contributed by atoms with E-state index in [2.05, 4.69) is 25.1 Å². The van der Waals surface area contributed by atoms with Crippen LogP contribution < -0.4 is 0 Å². The minimum atomic E-state index is 0.0397. The van der Waals surface area contributed by atoms with E-state index in [9.17, 15) is 5.11 Å². The van der Waals surface area contributed by atoms with E-state index >= 15 is 0 Å². The molecule has 0 aliphatic heterocycles. The van der Waals surface area contributed by atoms with Gasteiger partial charge in [0.1, 0.15) is 0 Å². The minimum absolute atomic E-state index is 0.0397. The van der Waals surface area contributed by atoms with Crippen molar-refractivity contribution >= 4 is 0 Å². The van der Waals surface area contributed by atoms with Gasteiger partial charge in [-0.2, -0.15) is 0 Å². The minimum Gasteiger partial charge on any atom is -0.237 e. The molecule has 0 fully saturated rings. The molecule has 0 aromatic heterocycles. The third-order valence-electron chi connectivity index (χ3n) is 2.09. The lowest BCUT2D eigenvalue weighted by Gasteiger charge is -2.05. The molecular weight excluding hydrogens is 148 g/mol. The summed E-state index contributed by atoms with van der Waals surface area (Å²) in [5.41, 5.74) is 2.72. The summed E-state index contributed by atoms with van der Waals surface area (Å²) in [6.45, 7) is 2.19. The van der Waals surface area contributed by atoms with E-state index in [1.807, 2.05) is 6.07 Å². The maximum atomic E-state index is 10.3. The van der Waals surface area contributed by atoms with Crippen molar-refractivity contribution in [1.29, 1.82) is 0 Å². The van der Waals surface area contributed by atoms with Crippen molar-refractivity contribution < 1.29 is 5.11 Å². The normalized spacial score (nSPS) is 10.2. The molecule has 0 atom stereocenters. The first kappa shape index (κ1) is 9.27. The van der Waals surface area contributed by atoms with Gasteiger partial charge in [-0.1, -0.05) is 31.2 Å². The quantitative estimate of drug-likeness (QED) is 0.650. The summed E-state index contributed by atoms with van der Waals surface area (Å²) in [5, 5.41) is 10.3. The molecule has 0 amide bonds. The van der Waals surface area contributed by atoms with Gasteiger partial charge in [-0.3, -0.25) is 0 Å².